The maximum absolute atomic E-state index is 12.1. The van der Waals surface area contributed by atoms with Crippen molar-refractivity contribution in [3.8, 4) is 17.1 Å². The van der Waals surface area contributed by atoms with Gasteiger partial charge < -0.3 is 14.9 Å². The molecule has 0 saturated heterocycles. The molecular weight excluding hydrogens is 301 g/mol. The third-order valence-corrected chi connectivity index (χ3v) is 2.37. The van der Waals surface area contributed by atoms with Crippen molar-refractivity contribution in [3.63, 3.8) is 0 Å². The third kappa shape index (κ3) is 4.08. The lowest BCUT2D eigenvalue weighted by atomic mass is 10.2. The van der Waals surface area contributed by atoms with Crippen molar-refractivity contribution >= 4 is 11.7 Å². The van der Waals surface area contributed by atoms with Gasteiger partial charge in [-0.1, -0.05) is 0 Å². The average Bonchev–Trinajstić information content (AvgIpc) is 2.86. The normalized spacial score (nSPS) is 12.3. The fourth-order valence-corrected chi connectivity index (χ4v) is 1.56. The van der Waals surface area contributed by atoms with Gasteiger partial charge in [-0.15, -0.1) is 13.2 Å². The number of rotatable bonds is 3. The minimum atomic E-state index is -4.74. The van der Waals surface area contributed by atoms with Gasteiger partial charge in [0.1, 0.15) is 5.75 Å². The second-order valence-electron chi connectivity index (χ2n) is 4.20. The van der Waals surface area contributed by atoms with E-state index in [9.17, 15) is 13.2 Å². The Morgan fingerprint density at radius 3 is 2.50 bits per heavy atom. The fraction of sp³-hybridized carbons (Fsp3) is 0.154. The first kappa shape index (κ1) is 15.5. The Hall–Kier alpha value is -2.84. The summed E-state index contributed by atoms with van der Waals surface area (Å²) in [5, 5.41) is 7.60. The van der Waals surface area contributed by atoms with Crippen LogP contribution in [-0.4, -0.2) is 23.0 Å². The molecule has 3 N–H and O–H groups in total. The molecule has 1 heterocycles. The first-order valence-electron chi connectivity index (χ1n) is 5.96. The molecule has 22 heavy (non-hydrogen) atoms. The minimum Gasteiger partial charge on any atom is -0.434 e. The number of aromatic nitrogens is 1. The Bertz CT molecular complexity index is 701. The first-order valence-corrected chi connectivity index (χ1v) is 5.96. The van der Waals surface area contributed by atoms with Gasteiger partial charge in [0.15, 0.2) is 5.76 Å². The zero-order chi connectivity index (χ0) is 16.3. The molecule has 2 rings (SSSR count). The van der Waals surface area contributed by atoms with Crippen LogP contribution < -0.4 is 10.5 Å². The van der Waals surface area contributed by atoms with Crippen LogP contribution in [-0.2, 0) is 0 Å². The smallest absolute Gasteiger partial charge is 0.434 e. The third-order valence-electron chi connectivity index (χ3n) is 2.37. The van der Waals surface area contributed by atoms with Crippen molar-refractivity contribution in [1.82, 2.24) is 4.98 Å². The SMILES string of the molecule is CC(N)=NC(=N)c1ncc(-c2ccc(OC(F)(F)F)cc2)o1. The molecular formula is C13H11F3N4O2. The number of alkyl halides is 3. The summed E-state index contributed by atoms with van der Waals surface area (Å²) in [7, 11) is 0. The zero-order valence-corrected chi connectivity index (χ0v) is 11.3. The van der Waals surface area contributed by atoms with Crippen molar-refractivity contribution in [2.75, 3.05) is 0 Å². The van der Waals surface area contributed by atoms with Gasteiger partial charge in [0.05, 0.1) is 12.0 Å². The van der Waals surface area contributed by atoms with Gasteiger partial charge in [0.2, 0.25) is 5.84 Å². The van der Waals surface area contributed by atoms with E-state index < -0.39 is 6.36 Å². The molecule has 9 heteroatoms. The molecule has 0 aliphatic carbocycles. The summed E-state index contributed by atoms with van der Waals surface area (Å²) in [5.74, 6) is -0.174. The minimum absolute atomic E-state index is 0.0459. The van der Waals surface area contributed by atoms with Crippen molar-refractivity contribution in [2.24, 2.45) is 10.7 Å². The quantitative estimate of drug-likeness (QED) is 0.672. The number of ether oxygens (including phenoxy) is 1. The van der Waals surface area contributed by atoms with E-state index >= 15 is 0 Å². The van der Waals surface area contributed by atoms with Crippen molar-refractivity contribution in [2.45, 2.75) is 13.3 Å². The summed E-state index contributed by atoms with van der Waals surface area (Å²) in [6.07, 6.45) is -3.40. The van der Waals surface area contributed by atoms with Crippen LogP contribution in [0.15, 0.2) is 39.9 Å². The van der Waals surface area contributed by atoms with Crippen molar-refractivity contribution < 1.29 is 22.3 Å². The Labute approximate surface area is 122 Å². The highest BCUT2D eigenvalue weighted by molar-refractivity contribution is 6.01. The Balaban J connectivity index is 2.18. The number of nitrogens with one attached hydrogen (secondary N) is 1. The van der Waals surface area contributed by atoms with Gasteiger partial charge in [0, 0.05) is 5.56 Å². The first-order chi connectivity index (χ1) is 10.2. The lowest BCUT2D eigenvalue weighted by Gasteiger charge is -2.08. The van der Waals surface area contributed by atoms with E-state index in [2.05, 4.69) is 14.7 Å². The molecule has 0 fully saturated rings. The number of hydrogen-bond donors (Lipinski definition) is 2. The van der Waals surface area contributed by atoms with Gasteiger partial charge in [-0.2, -0.15) is 0 Å². The maximum atomic E-state index is 12.1. The number of nitrogens with zero attached hydrogens (tertiary/aromatic N) is 2. The van der Waals surface area contributed by atoms with Crippen molar-refractivity contribution in [3.05, 3.63) is 36.4 Å². The number of halogens is 3. The standard InChI is InChI=1S/C13H11F3N4O2/c1-7(17)20-11(18)12-19-6-10(21-12)8-2-4-9(5-3-8)22-13(14,15)16/h2-6H,1H3,(H3,17,18,20). The van der Waals surface area contributed by atoms with Crippen LogP contribution in [0.1, 0.15) is 12.8 Å². The summed E-state index contributed by atoms with van der Waals surface area (Å²) in [5.41, 5.74) is 5.83. The molecule has 1 aromatic heterocycles. The average molecular weight is 312 g/mol. The summed E-state index contributed by atoms with van der Waals surface area (Å²) in [6, 6.07) is 5.07. The van der Waals surface area contributed by atoms with Crippen LogP contribution in [0.25, 0.3) is 11.3 Å². The Morgan fingerprint density at radius 2 is 1.95 bits per heavy atom. The Morgan fingerprint density at radius 1 is 1.32 bits per heavy atom. The molecule has 1 aromatic carbocycles. The molecule has 0 aliphatic rings. The highest BCUT2D eigenvalue weighted by Crippen LogP contribution is 2.26. The number of aliphatic imine (C=N–C) groups is 1. The zero-order valence-electron chi connectivity index (χ0n) is 11.3. The predicted molar refractivity (Wildman–Crippen MR) is 72.7 cm³/mol. The van der Waals surface area contributed by atoms with Crippen LogP contribution in [0.3, 0.4) is 0 Å². The molecule has 0 atom stereocenters. The fourth-order valence-electron chi connectivity index (χ4n) is 1.56. The highest BCUT2D eigenvalue weighted by atomic mass is 19.4. The van der Waals surface area contributed by atoms with E-state index in [1.807, 2.05) is 0 Å². The van der Waals surface area contributed by atoms with Crippen LogP contribution in [0.4, 0.5) is 13.2 Å². The second kappa shape index (κ2) is 5.88. The number of hydrogen-bond acceptors (Lipinski definition) is 4. The van der Waals surface area contributed by atoms with E-state index in [4.69, 9.17) is 15.6 Å². The highest BCUT2D eigenvalue weighted by Gasteiger charge is 2.31. The van der Waals surface area contributed by atoms with Crippen LogP contribution in [0, 0.1) is 5.41 Å². The van der Waals surface area contributed by atoms with Gasteiger partial charge in [0.25, 0.3) is 5.89 Å². The molecule has 0 saturated carbocycles. The molecule has 0 unspecified atom stereocenters. The van der Waals surface area contributed by atoms with Crippen LogP contribution >= 0.6 is 0 Å². The molecule has 116 valence electrons. The van der Waals surface area contributed by atoms with Gasteiger partial charge in [-0.25, -0.2) is 9.98 Å². The summed E-state index contributed by atoms with van der Waals surface area (Å²) in [4.78, 5) is 7.55. The molecule has 0 bridgehead atoms. The lowest BCUT2D eigenvalue weighted by Crippen LogP contribution is -2.16. The van der Waals surface area contributed by atoms with Gasteiger partial charge in [-0.3, -0.25) is 5.41 Å². The lowest BCUT2D eigenvalue weighted by molar-refractivity contribution is -0.274. The summed E-state index contributed by atoms with van der Waals surface area (Å²) in [6.45, 7) is 1.51. The monoisotopic (exact) mass is 312 g/mol. The van der Waals surface area contributed by atoms with Crippen molar-refractivity contribution in [1.29, 1.82) is 5.41 Å². The molecule has 0 amide bonds. The largest absolute Gasteiger partial charge is 0.573 e. The van der Waals surface area contributed by atoms with Gasteiger partial charge >= 0.3 is 6.36 Å². The topological polar surface area (TPSA) is 97.5 Å². The Kier molecular flexibility index (Phi) is 4.15. The van der Waals surface area contributed by atoms with E-state index in [0.717, 1.165) is 12.1 Å². The molecule has 0 spiro atoms. The van der Waals surface area contributed by atoms with Gasteiger partial charge in [-0.05, 0) is 31.2 Å². The van der Waals surface area contributed by atoms with E-state index in [-0.39, 0.29) is 29.1 Å². The number of nitrogens with two attached hydrogens (primary N) is 1. The number of amidine groups is 2. The van der Waals surface area contributed by atoms with Crippen LogP contribution in [0.5, 0.6) is 5.75 Å². The molecule has 0 aliphatic heterocycles. The maximum Gasteiger partial charge on any atom is 0.573 e. The number of benzene rings is 1. The molecule has 6 nitrogen and oxygen atoms in total. The molecule has 0 radical (unpaired) electrons. The van der Waals surface area contributed by atoms with E-state index in [1.54, 1.807) is 0 Å². The summed E-state index contributed by atoms with van der Waals surface area (Å²) < 4.78 is 45.3. The second-order valence-corrected chi connectivity index (χ2v) is 4.20. The van der Waals surface area contributed by atoms with Crippen LogP contribution in [0.2, 0.25) is 0 Å². The van der Waals surface area contributed by atoms with E-state index in [0.29, 0.717) is 5.56 Å². The summed E-state index contributed by atoms with van der Waals surface area (Å²) >= 11 is 0. The number of oxazole rings is 1. The predicted octanol–water partition coefficient (Wildman–Crippen LogP) is 2.94. The van der Waals surface area contributed by atoms with E-state index in [1.165, 1.54) is 25.3 Å². The molecule has 2 aromatic rings.